The summed E-state index contributed by atoms with van der Waals surface area (Å²) in [5, 5.41) is 11.9. The summed E-state index contributed by atoms with van der Waals surface area (Å²) in [7, 11) is 1.60. The topological polar surface area (TPSA) is 116 Å². The molecule has 4 rings (SSSR count). The van der Waals surface area contributed by atoms with E-state index in [9.17, 15) is 18.8 Å². The molecule has 31 heavy (non-hydrogen) atoms. The molecule has 4 aromatic rings. The van der Waals surface area contributed by atoms with Crippen molar-refractivity contribution in [3.63, 3.8) is 0 Å². The second-order valence-corrected chi connectivity index (χ2v) is 6.91. The number of hydroxylamine groups is 1. The number of carbonyl (C=O) groups is 2. The van der Waals surface area contributed by atoms with Crippen LogP contribution in [0, 0.1) is 5.82 Å². The van der Waals surface area contributed by atoms with Gasteiger partial charge in [-0.3, -0.25) is 19.6 Å². The van der Waals surface area contributed by atoms with Gasteiger partial charge in [-0.05, 0) is 48.0 Å². The van der Waals surface area contributed by atoms with Crippen LogP contribution < -0.4 is 16.4 Å². The average molecular weight is 420 g/mol. The number of nitrogens with zero attached hydrogens (tertiary/aromatic N) is 1. The first-order valence-corrected chi connectivity index (χ1v) is 9.21. The predicted octanol–water partition coefficient (Wildman–Crippen LogP) is 3.04. The molecule has 0 fully saturated rings. The molecule has 2 amide bonds. The van der Waals surface area contributed by atoms with Crippen molar-refractivity contribution in [1.82, 2.24) is 15.0 Å². The number of fused-ring (bicyclic) bond motifs is 1. The number of nitrogens with one attached hydrogen (secondary N) is 3. The quantitative estimate of drug-likeness (QED) is 0.300. The second kappa shape index (κ2) is 7.88. The molecule has 2 aromatic heterocycles. The van der Waals surface area contributed by atoms with E-state index in [0.29, 0.717) is 22.2 Å². The Hall–Kier alpha value is -4.24. The zero-order valence-electron chi connectivity index (χ0n) is 16.3. The number of aryl methyl sites for hydroxylation is 1. The van der Waals surface area contributed by atoms with E-state index in [2.05, 4.69) is 10.3 Å². The Balaban J connectivity index is 1.70. The molecule has 0 aliphatic heterocycles. The number of amides is 2. The van der Waals surface area contributed by atoms with Gasteiger partial charge in [-0.2, -0.15) is 0 Å². The SMILES string of the molecule is Cn1cc(-c2ccc(F)cc2)c2cc(C(=O)Nc3ccc(C(=O)NO)cc3)[nH]c2c1=O. The molecular formula is C22H17FN4O4. The van der Waals surface area contributed by atoms with Gasteiger partial charge < -0.3 is 14.9 Å². The number of carbonyl (C=O) groups excluding carboxylic acids is 2. The molecule has 0 saturated carbocycles. The standard InChI is InChI=1S/C22H17FN4O4/c1-27-11-17(12-2-6-14(23)7-3-12)16-10-18(25-19(16)22(27)30)21(29)24-15-8-4-13(5-9-15)20(28)26-31/h2-11,25,31H,1H3,(H,24,29)(H,26,28). The van der Waals surface area contributed by atoms with Gasteiger partial charge in [0, 0.05) is 35.4 Å². The van der Waals surface area contributed by atoms with Gasteiger partial charge in [-0.1, -0.05) is 12.1 Å². The van der Waals surface area contributed by atoms with Gasteiger partial charge in [0.15, 0.2) is 0 Å². The number of halogens is 1. The van der Waals surface area contributed by atoms with Crippen LogP contribution >= 0.6 is 0 Å². The van der Waals surface area contributed by atoms with E-state index in [-0.39, 0.29) is 28.2 Å². The number of H-pyrrole nitrogens is 1. The lowest BCUT2D eigenvalue weighted by Gasteiger charge is -2.06. The molecule has 0 radical (unpaired) electrons. The van der Waals surface area contributed by atoms with Crippen LogP contribution in [0.4, 0.5) is 10.1 Å². The molecule has 0 saturated heterocycles. The van der Waals surface area contributed by atoms with E-state index < -0.39 is 11.8 Å². The van der Waals surface area contributed by atoms with Crippen molar-refractivity contribution >= 4 is 28.4 Å². The lowest BCUT2D eigenvalue weighted by molar-refractivity contribution is 0.0706. The molecule has 0 aliphatic rings. The third-order valence-corrected chi connectivity index (χ3v) is 4.87. The molecule has 156 valence electrons. The van der Waals surface area contributed by atoms with Crippen LogP contribution in [0.5, 0.6) is 0 Å². The molecule has 4 N–H and O–H groups in total. The van der Waals surface area contributed by atoms with Gasteiger partial charge in [0.2, 0.25) is 0 Å². The Morgan fingerprint density at radius 2 is 1.71 bits per heavy atom. The van der Waals surface area contributed by atoms with Gasteiger partial charge in [0.25, 0.3) is 17.4 Å². The Morgan fingerprint density at radius 1 is 1.03 bits per heavy atom. The van der Waals surface area contributed by atoms with E-state index in [0.717, 1.165) is 0 Å². The lowest BCUT2D eigenvalue weighted by Crippen LogP contribution is -2.18. The van der Waals surface area contributed by atoms with Gasteiger partial charge in [-0.25, -0.2) is 9.87 Å². The van der Waals surface area contributed by atoms with Crippen LogP contribution in [0.3, 0.4) is 0 Å². The van der Waals surface area contributed by atoms with Gasteiger partial charge >= 0.3 is 0 Å². The molecule has 0 unspecified atom stereocenters. The second-order valence-electron chi connectivity index (χ2n) is 6.91. The van der Waals surface area contributed by atoms with Crippen molar-refractivity contribution in [2.75, 3.05) is 5.32 Å². The summed E-state index contributed by atoms with van der Waals surface area (Å²) >= 11 is 0. The molecule has 9 heteroatoms. The highest BCUT2D eigenvalue weighted by molar-refractivity contribution is 6.08. The molecule has 0 atom stereocenters. The van der Waals surface area contributed by atoms with Crippen molar-refractivity contribution in [2.45, 2.75) is 0 Å². The largest absolute Gasteiger partial charge is 0.346 e. The molecular weight excluding hydrogens is 403 g/mol. The number of anilines is 1. The smallest absolute Gasteiger partial charge is 0.274 e. The Morgan fingerprint density at radius 3 is 2.35 bits per heavy atom. The number of rotatable bonds is 4. The minimum Gasteiger partial charge on any atom is -0.346 e. The number of aromatic nitrogens is 2. The van der Waals surface area contributed by atoms with Crippen molar-refractivity contribution in [3.05, 3.63) is 88.2 Å². The number of aromatic amines is 1. The van der Waals surface area contributed by atoms with Gasteiger partial charge in [-0.15, -0.1) is 0 Å². The van der Waals surface area contributed by atoms with Crippen LogP contribution in [0.2, 0.25) is 0 Å². The summed E-state index contributed by atoms with van der Waals surface area (Å²) in [5.41, 5.74) is 3.66. The lowest BCUT2D eigenvalue weighted by atomic mass is 10.0. The molecule has 2 heterocycles. The maximum Gasteiger partial charge on any atom is 0.274 e. The maximum absolute atomic E-state index is 13.3. The van der Waals surface area contributed by atoms with E-state index in [1.54, 1.807) is 31.4 Å². The molecule has 2 aromatic carbocycles. The van der Waals surface area contributed by atoms with Gasteiger partial charge in [0.1, 0.15) is 17.0 Å². The zero-order chi connectivity index (χ0) is 22.1. The highest BCUT2D eigenvalue weighted by Gasteiger charge is 2.16. The van der Waals surface area contributed by atoms with E-state index >= 15 is 0 Å². The van der Waals surface area contributed by atoms with Crippen molar-refractivity contribution < 1.29 is 19.2 Å². The Labute approximate surface area is 174 Å². The normalized spacial score (nSPS) is 10.8. The summed E-state index contributed by atoms with van der Waals surface area (Å²) in [6.45, 7) is 0. The number of benzene rings is 2. The molecule has 0 aliphatic carbocycles. The maximum atomic E-state index is 13.3. The van der Waals surface area contributed by atoms with Crippen LogP contribution in [0.1, 0.15) is 20.8 Å². The summed E-state index contributed by atoms with van der Waals surface area (Å²) in [6.07, 6.45) is 1.64. The molecule has 0 bridgehead atoms. The Bertz CT molecular complexity index is 1360. The van der Waals surface area contributed by atoms with E-state index in [4.69, 9.17) is 5.21 Å². The average Bonchev–Trinajstić information content (AvgIpc) is 3.23. The summed E-state index contributed by atoms with van der Waals surface area (Å²) in [5.74, 6) is -1.53. The third-order valence-electron chi connectivity index (χ3n) is 4.87. The van der Waals surface area contributed by atoms with Crippen molar-refractivity contribution in [2.24, 2.45) is 7.05 Å². The van der Waals surface area contributed by atoms with E-state index in [1.165, 1.54) is 46.4 Å². The predicted molar refractivity (Wildman–Crippen MR) is 113 cm³/mol. The van der Waals surface area contributed by atoms with Crippen molar-refractivity contribution in [3.8, 4) is 11.1 Å². The monoisotopic (exact) mass is 420 g/mol. The highest BCUT2D eigenvalue weighted by Crippen LogP contribution is 2.28. The minimum absolute atomic E-state index is 0.166. The summed E-state index contributed by atoms with van der Waals surface area (Å²) in [6, 6.07) is 13.3. The fourth-order valence-electron chi connectivity index (χ4n) is 3.28. The Kier molecular flexibility index (Phi) is 5.10. The minimum atomic E-state index is -0.669. The van der Waals surface area contributed by atoms with E-state index in [1.807, 2.05) is 0 Å². The zero-order valence-corrected chi connectivity index (χ0v) is 16.3. The number of hydrogen-bond donors (Lipinski definition) is 4. The first-order valence-electron chi connectivity index (χ1n) is 9.21. The highest BCUT2D eigenvalue weighted by atomic mass is 19.1. The van der Waals surface area contributed by atoms with Crippen LogP contribution in [-0.2, 0) is 7.05 Å². The van der Waals surface area contributed by atoms with Crippen LogP contribution in [0.25, 0.3) is 22.0 Å². The molecule has 8 nitrogen and oxygen atoms in total. The van der Waals surface area contributed by atoms with Gasteiger partial charge in [0.05, 0.1) is 0 Å². The first kappa shape index (κ1) is 20.0. The summed E-state index contributed by atoms with van der Waals surface area (Å²) in [4.78, 5) is 39.6. The third kappa shape index (κ3) is 3.81. The number of hydrogen-bond acceptors (Lipinski definition) is 4. The van der Waals surface area contributed by atoms with Crippen molar-refractivity contribution in [1.29, 1.82) is 0 Å². The van der Waals surface area contributed by atoms with Crippen LogP contribution in [0.15, 0.2) is 65.6 Å². The first-order chi connectivity index (χ1) is 14.9. The summed E-state index contributed by atoms with van der Waals surface area (Å²) < 4.78 is 14.7. The van der Waals surface area contributed by atoms with Crippen LogP contribution in [-0.4, -0.2) is 26.6 Å². The fraction of sp³-hybridized carbons (Fsp3) is 0.0455. The molecule has 0 spiro atoms. The number of pyridine rings is 1. The fourth-order valence-corrected chi connectivity index (χ4v) is 3.28.